The number of carbonyl (C=O) groups excluding carboxylic acids is 1. The molecule has 2 aromatic carbocycles. The number of carbonyl (C=O) groups is 1. The molecule has 24 heavy (non-hydrogen) atoms. The average Bonchev–Trinajstić information content (AvgIpc) is 3.10. The lowest BCUT2D eigenvalue weighted by Gasteiger charge is -2.29. The van der Waals surface area contributed by atoms with Crippen LogP contribution in [0.25, 0.3) is 0 Å². The third-order valence-electron chi connectivity index (χ3n) is 4.78. The summed E-state index contributed by atoms with van der Waals surface area (Å²) in [6.07, 6.45) is 4.66. The van der Waals surface area contributed by atoms with Gasteiger partial charge in [0.05, 0.1) is 0 Å². The molecule has 0 radical (unpaired) electrons. The van der Waals surface area contributed by atoms with Crippen molar-refractivity contribution < 1.29 is 4.79 Å². The second-order valence-electron chi connectivity index (χ2n) is 6.70. The standard InChI is InChI=1S/C21H26N2O/c1-23(16-17-10-4-2-5-11-17)20(18-12-6-3-7-13-18)21(24)22-19-14-8-9-15-19/h2-7,10-13,19-20H,8-9,14-16H2,1H3,(H,22,24)/t20-/m1/s1. The number of nitrogens with zero attached hydrogens (tertiary/aromatic N) is 1. The van der Waals surface area contributed by atoms with Crippen LogP contribution in [0.1, 0.15) is 42.9 Å². The molecule has 0 heterocycles. The minimum atomic E-state index is -0.257. The Morgan fingerprint density at radius 3 is 2.25 bits per heavy atom. The van der Waals surface area contributed by atoms with Crippen molar-refractivity contribution in [3.63, 3.8) is 0 Å². The third kappa shape index (κ3) is 4.24. The monoisotopic (exact) mass is 322 g/mol. The first-order valence-electron chi connectivity index (χ1n) is 8.83. The van der Waals surface area contributed by atoms with E-state index in [0.29, 0.717) is 6.04 Å². The van der Waals surface area contributed by atoms with Gasteiger partial charge in [0.2, 0.25) is 5.91 Å². The van der Waals surface area contributed by atoms with Gasteiger partial charge < -0.3 is 5.32 Å². The SMILES string of the molecule is CN(Cc1ccccc1)[C@@H](C(=O)NC1CCCC1)c1ccccc1. The van der Waals surface area contributed by atoms with Gasteiger partial charge in [-0.1, -0.05) is 73.5 Å². The van der Waals surface area contributed by atoms with E-state index in [9.17, 15) is 4.79 Å². The summed E-state index contributed by atoms with van der Waals surface area (Å²) in [7, 11) is 2.03. The summed E-state index contributed by atoms with van der Waals surface area (Å²) in [6.45, 7) is 0.748. The topological polar surface area (TPSA) is 32.3 Å². The maximum absolute atomic E-state index is 13.0. The van der Waals surface area contributed by atoms with E-state index >= 15 is 0 Å². The zero-order valence-electron chi connectivity index (χ0n) is 14.3. The van der Waals surface area contributed by atoms with Crippen molar-refractivity contribution in [3.8, 4) is 0 Å². The number of nitrogens with one attached hydrogen (secondary N) is 1. The largest absolute Gasteiger partial charge is 0.352 e. The van der Waals surface area contributed by atoms with Crippen LogP contribution in [0.5, 0.6) is 0 Å². The molecule has 0 unspecified atom stereocenters. The number of hydrogen-bond donors (Lipinski definition) is 1. The van der Waals surface area contributed by atoms with Crippen LogP contribution in [0, 0.1) is 0 Å². The molecule has 1 N–H and O–H groups in total. The molecule has 1 amide bonds. The highest BCUT2D eigenvalue weighted by atomic mass is 16.2. The summed E-state index contributed by atoms with van der Waals surface area (Å²) in [5.41, 5.74) is 2.26. The highest BCUT2D eigenvalue weighted by molar-refractivity contribution is 5.83. The Hall–Kier alpha value is -2.13. The van der Waals surface area contributed by atoms with Gasteiger partial charge in [-0.3, -0.25) is 9.69 Å². The Morgan fingerprint density at radius 2 is 1.62 bits per heavy atom. The molecule has 3 nitrogen and oxygen atoms in total. The molecule has 1 aliphatic rings. The summed E-state index contributed by atoms with van der Waals surface area (Å²) in [6, 6.07) is 20.5. The van der Waals surface area contributed by atoms with E-state index in [4.69, 9.17) is 0 Å². The zero-order chi connectivity index (χ0) is 16.8. The smallest absolute Gasteiger partial charge is 0.242 e. The van der Waals surface area contributed by atoms with Crippen molar-refractivity contribution in [2.45, 2.75) is 44.3 Å². The van der Waals surface area contributed by atoms with E-state index in [2.05, 4.69) is 22.3 Å². The Kier molecular flexibility index (Phi) is 5.65. The minimum absolute atomic E-state index is 0.117. The van der Waals surface area contributed by atoms with Crippen LogP contribution in [0.2, 0.25) is 0 Å². The van der Waals surface area contributed by atoms with Crippen LogP contribution in [-0.4, -0.2) is 23.9 Å². The fourth-order valence-corrected chi connectivity index (χ4v) is 3.55. The lowest BCUT2D eigenvalue weighted by Crippen LogP contribution is -2.42. The van der Waals surface area contributed by atoms with Crippen molar-refractivity contribution in [2.24, 2.45) is 0 Å². The first kappa shape index (κ1) is 16.7. The number of amides is 1. The summed E-state index contributed by atoms with van der Waals surface area (Å²) in [4.78, 5) is 15.1. The Balaban J connectivity index is 1.77. The van der Waals surface area contributed by atoms with Crippen molar-refractivity contribution >= 4 is 5.91 Å². The summed E-state index contributed by atoms with van der Waals surface area (Å²) >= 11 is 0. The van der Waals surface area contributed by atoms with Crippen LogP contribution in [0.4, 0.5) is 0 Å². The van der Waals surface area contributed by atoms with Gasteiger partial charge in [-0.2, -0.15) is 0 Å². The third-order valence-corrected chi connectivity index (χ3v) is 4.78. The molecule has 0 aliphatic heterocycles. The molecule has 1 aliphatic carbocycles. The van der Waals surface area contributed by atoms with Gasteiger partial charge in [-0.25, -0.2) is 0 Å². The molecule has 0 aromatic heterocycles. The van der Waals surface area contributed by atoms with E-state index in [1.165, 1.54) is 18.4 Å². The first-order valence-corrected chi connectivity index (χ1v) is 8.83. The van der Waals surface area contributed by atoms with Crippen molar-refractivity contribution in [2.75, 3.05) is 7.05 Å². The quantitative estimate of drug-likeness (QED) is 0.874. The van der Waals surface area contributed by atoms with Gasteiger partial charge in [0.15, 0.2) is 0 Å². The summed E-state index contributed by atoms with van der Waals surface area (Å²) in [5, 5.41) is 3.26. The van der Waals surface area contributed by atoms with Gasteiger partial charge in [0.25, 0.3) is 0 Å². The minimum Gasteiger partial charge on any atom is -0.352 e. The van der Waals surface area contributed by atoms with E-state index in [1.54, 1.807) is 0 Å². The molecule has 2 aromatic rings. The lowest BCUT2D eigenvalue weighted by atomic mass is 10.0. The van der Waals surface area contributed by atoms with Gasteiger partial charge in [0.1, 0.15) is 6.04 Å². The maximum atomic E-state index is 13.0. The molecule has 126 valence electrons. The molecular weight excluding hydrogens is 296 g/mol. The normalized spacial score (nSPS) is 16.2. The number of likely N-dealkylation sites (N-methyl/N-ethyl adjacent to an activating group) is 1. The maximum Gasteiger partial charge on any atom is 0.242 e. The van der Waals surface area contributed by atoms with Gasteiger partial charge >= 0.3 is 0 Å². The summed E-state index contributed by atoms with van der Waals surface area (Å²) in [5.74, 6) is 0.117. The Bertz CT molecular complexity index is 635. The molecule has 3 rings (SSSR count). The molecular formula is C21H26N2O. The first-order chi connectivity index (χ1) is 11.7. The Labute approximate surface area is 144 Å². The van der Waals surface area contributed by atoms with Crippen LogP contribution >= 0.6 is 0 Å². The van der Waals surface area contributed by atoms with Gasteiger partial charge in [-0.15, -0.1) is 0 Å². The lowest BCUT2D eigenvalue weighted by molar-refractivity contribution is -0.127. The highest BCUT2D eigenvalue weighted by Crippen LogP contribution is 2.24. The van der Waals surface area contributed by atoms with Crippen LogP contribution in [-0.2, 0) is 11.3 Å². The number of benzene rings is 2. The van der Waals surface area contributed by atoms with E-state index in [-0.39, 0.29) is 11.9 Å². The number of rotatable bonds is 6. The molecule has 3 heteroatoms. The predicted octanol–water partition coefficient (Wildman–Crippen LogP) is 3.92. The second-order valence-corrected chi connectivity index (χ2v) is 6.70. The van der Waals surface area contributed by atoms with Crippen molar-refractivity contribution in [1.29, 1.82) is 0 Å². The Morgan fingerprint density at radius 1 is 1.04 bits per heavy atom. The molecule has 0 bridgehead atoms. The highest BCUT2D eigenvalue weighted by Gasteiger charge is 2.27. The van der Waals surface area contributed by atoms with E-state index in [1.807, 2.05) is 55.6 Å². The van der Waals surface area contributed by atoms with Crippen LogP contribution in [0.3, 0.4) is 0 Å². The molecule has 0 saturated heterocycles. The zero-order valence-corrected chi connectivity index (χ0v) is 14.3. The van der Waals surface area contributed by atoms with Gasteiger partial charge in [-0.05, 0) is 31.0 Å². The average molecular weight is 322 g/mol. The fourth-order valence-electron chi connectivity index (χ4n) is 3.55. The fraction of sp³-hybridized carbons (Fsp3) is 0.381. The van der Waals surface area contributed by atoms with Crippen molar-refractivity contribution in [3.05, 3.63) is 71.8 Å². The van der Waals surface area contributed by atoms with E-state index < -0.39 is 0 Å². The summed E-state index contributed by atoms with van der Waals surface area (Å²) < 4.78 is 0. The molecule has 1 fully saturated rings. The van der Waals surface area contributed by atoms with Crippen LogP contribution in [0.15, 0.2) is 60.7 Å². The molecule has 0 spiro atoms. The van der Waals surface area contributed by atoms with E-state index in [0.717, 1.165) is 24.9 Å². The predicted molar refractivity (Wildman–Crippen MR) is 97.5 cm³/mol. The molecule has 1 atom stereocenters. The molecule has 1 saturated carbocycles. The number of hydrogen-bond acceptors (Lipinski definition) is 2. The van der Waals surface area contributed by atoms with Crippen molar-refractivity contribution in [1.82, 2.24) is 10.2 Å². The van der Waals surface area contributed by atoms with Gasteiger partial charge in [0, 0.05) is 12.6 Å². The second kappa shape index (κ2) is 8.11. The van der Waals surface area contributed by atoms with Crippen LogP contribution < -0.4 is 5.32 Å².